The average molecular weight is 373 g/mol. The van der Waals surface area contributed by atoms with Crippen molar-refractivity contribution in [3.05, 3.63) is 38.8 Å². The van der Waals surface area contributed by atoms with E-state index in [1.807, 2.05) is 30.9 Å². The summed E-state index contributed by atoms with van der Waals surface area (Å²) >= 11 is 7.16. The van der Waals surface area contributed by atoms with Crippen molar-refractivity contribution in [2.24, 2.45) is 5.92 Å². The highest BCUT2D eigenvalue weighted by atomic mass is 79.9. The highest BCUT2D eigenvalue weighted by Crippen LogP contribution is 2.38. The Morgan fingerprint density at radius 3 is 2.61 bits per heavy atom. The van der Waals surface area contributed by atoms with Gasteiger partial charge in [-0.25, -0.2) is 0 Å². The van der Waals surface area contributed by atoms with Crippen molar-refractivity contribution in [3.8, 4) is 0 Å². The Morgan fingerprint density at radius 2 is 2.06 bits per heavy atom. The van der Waals surface area contributed by atoms with Gasteiger partial charge < -0.3 is 4.90 Å². The Hall–Kier alpha value is -0.610. The van der Waals surface area contributed by atoms with Crippen molar-refractivity contribution in [2.75, 3.05) is 11.4 Å². The minimum Gasteiger partial charge on any atom is -0.311 e. The number of carbonyl (C=O) groups excluding carboxylic acids is 1. The second-order valence-electron chi connectivity index (χ2n) is 4.67. The number of anilines is 1. The van der Waals surface area contributed by atoms with Gasteiger partial charge in [0.25, 0.3) is 0 Å². The first-order valence-electron chi connectivity index (χ1n) is 5.83. The zero-order valence-corrected chi connectivity index (χ0v) is 13.6. The predicted octanol–water partition coefficient (Wildman–Crippen LogP) is 4.37. The lowest BCUT2D eigenvalue weighted by molar-refractivity contribution is -0.117. The number of carbonyl (C=O) groups is 1. The second kappa shape index (κ2) is 5.17. The molecule has 0 bridgehead atoms. The van der Waals surface area contributed by atoms with Crippen molar-refractivity contribution in [1.29, 1.82) is 0 Å². The van der Waals surface area contributed by atoms with Crippen LogP contribution in [0.5, 0.6) is 0 Å². The van der Waals surface area contributed by atoms with Crippen LogP contribution in [0.15, 0.2) is 27.7 Å². The van der Waals surface area contributed by atoms with E-state index in [1.165, 1.54) is 0 Å². The molecule has 18 heavy (non-hydrogen) atoms. The largest absolute Gasteiger partial charge is 0.311 e. The van der Waals surface area contributed by atoms with Crippen LogP contribution in [-0.2, 0) is 4.79 Å². The van der Waals surface area contributed by atoms with Crippen LogP contribution in [-0.4, -0.2) is 12.5 Å². The fraction of sp³-hybridized carbons (Fsp3) is 0.357. The molecule has 0 spiro atoms. The van der Waals surface area contributed by atoms with Gasteiger partial charge in [0.2, 0.25) is 5.91 Å². The number of aryl methyl sites for hydroxylation is 1. The van der Waals surface area contributed by atoms with E-state index in [0.717, 1.165) is 32.3 Å². The monoisotopic (exact) mass is 371 g/mol. The number of hydrogen-bond acceptors (Lipinski definition) is 1. The van der Waals surface area contributed by atoms with E-state index in [-0.39, 0.29) is 11.8 Å². The van der Waals surface area contributed by atoms with Crippen LogP contribution < -0.4 is 4.90 Å². The maximum absolute atomic E-state index is 12.0. The highest BCUT2D eigenvalue weighted by Gasteiger charge is 2.30. The molecule has 2 rings (SSSR count). The molecule has 1 aliphatic heterocycles. The third kappa shape index (κ3) is 2.28. The van der Waals surface area contributed by atoms with Crippen LogP contribution in [0.2, 0.25) is 0 Å². The first kappa shape index (κ1) is 13.8. The van der Waals surface area contributed by atoms with Gasteiger partial charge in [0.1, 0.15) is 0 Å². The summed E-state index contributed by atoms with van der Waals surface area (Å²) in [5.74, 6) is 0.426. The molecule has 1 aliphatic rings. The Labute approximate surface area is 124 Å². The van der Waals surface area contributed by atoms with Gasteiger partial charge in [-0.05, 0) is 47.0 Å². The first-order valence-corrected chi connectivity index (χ1v) is 7.42. The van der Waals surface area contributed by atoms with Crippen molar-refractivity contribution in [2.45, 2.75) is 20.3 Å². The minimum absolute atomic E-state index is 0.168. The molecule has 0 saturated carbocycles. The van der Waals surface area contributed by atoms with Crippen molar-refractivity contribution >= 4 is 43.5 Å². The molecule has 4 heteroatoms. The summed E-state index contributed by atoms with van der Waals surface area (Å²) in [5, 5.41) is 0. The SMILES string of the molecule is C=CC1CC(=O)N(c2cc(C)c(Br)c(C)c2Br)C1. The maximum atomic E-state index is 12.0. The molecule has 1 atom stereocenters. The first-order chi connectivity index (χ1) is 8.45. The van der Waals surface area contributed by atoms with Crippen LogP contribution in [0.4, 0.5) is 5.69 Å². The molecule has 1 aromatic carbocycles. The summed E-state index contributed by atoms with van der Waals surface area (Å²) < 4.78 is 2.07. The molecule has 96 valence electrons. The second-order valence-corrected chi connectivity index (χ2v) is 6.26. The van der Waals surface area contributed by atoms with E-state index in [0.29, 0.717) is 6.42 Å². The van der Waals surface area contributed by atoms with E-state index in [9.17, 15) is 4.79 Å². The molecule has 1 amide bonds. The Bertz CT molecular complexity index is 525. The molecule has 1 fully saturated rings. The van der Waals surface area contributed by atoms with Crippen LogP contribution in [0.3, 0.4) is 0 Å². The zero-order valence-electron chi connectivity index (χ0n) is 10.5. The summed E-state index contributed by atoms with van der Waals surface area (Å²) in [4.78, 5) is 13.9. The minimum atomic E-state index is 0.168. The molecule has 1 unspecified atom stereocenters. The van der Waals surface area contributed by atoms with E-state index in [1.54, 1.807) is 0 Å². The van der Waals surface area contributed by atoms with Crippen molar-refractivity contribution < 1.29 is 4.79 Å². The van der Waals surface area contributed by atoms with E-state index in [2.05, 4.69) is 38.4 Å². The van der Waals surface area contributed by atoms with Crippen molar-refractivity contribution in [1.82, 2.24) is 0 Å². The molecule has 1 heterocycles. The van der Waals surface area contributed by atoms with Gasteiger partial charge in [-0.3, -0.25) is 4.79 Å². The average Bonchev–Trinajstić information content (AvgIpc) is 2.72. The van der Waals surface area contributed by atoms with Gasteiger partial charge >= 0.3 is 0 Å². The molecule has 0 aliphatic carbocycles. The molecular formula is C14H15Br2NO. The van der Waals surface area contributed by atoms with Gasteiger partial charge in [-0.1, -0.05) is 22.0 Å². The molecule has 0 aromatic heterocycles. The van der Waals surface area contributed by atoms with Gasteiger partial charge in [-0.2, -0.15) is 0 Å². The predicted molar refractivity (Wildman–Crippen MR) is 82.0 cm³/mol. The van der Waals surface area contributed by atoms with Gasteiger partial charge in [0.15, 0.2) is 0 Å². The number of hydrogen-bond donors (Lipinski definition) is 0. The number of halogens is 2. The lowest BCUT2D eigenvalue weighted by Crippen LogP contribution is -2.25. The smallest absolute Gasteiger partial charge is 0.227 e. The third-order valence-corrected chi connectivity index (χ3v) is 5.58. The van der Waals surface area contributed by atoms with Crippen LogP contribution in [0.25, 0.3) is 0 Å². The maximum Gasteiger partial charge on any atom is 0.227 e. The molecule has 0 radical (unpaired) electrons. The molecule has 1 aromatic rings. The topological polar surface area (TPSA) is 20.3 Å². The fourth-order valence-corrected chi connectivity index (χ4v) is 3.34. The highest BCUT2D eigenvalue weighted by molar-refractivity contribution is 9.11. The lowest BCUT2D eigenvalue weighted by Gasteiger charge is -2.21. The summed E-state index contributed by atoms with van der Waals surface area (Å²) in [5.41, 5.74) is 3.22. The Morgan fingerprint density at radius 1 is 1.39 bits per heavy atom. The van der Waals surface area contributed by atoms with E-state index >= 15 is 0 Å². The summed E-state index contributed by atoms with van der Waals surface area (Å²) in [6, 6.07) is 2.05. The van der Waals surface area contributed by atoms with Crippen LogP contribution in [0, 0.1) is 19.8 Å². The number of nitrogens with zero attached hydrogens (tertiary/aromatic N) is 1. The van der Waals surface area contributed by atoms with Crippen LogP contribution >= 0.6 is 31.9 Å². The van der Waals surface area contributed by atoms with Gasteiger partial charge in [0.05, 0.1) is 5.69 Å². The quantitative estimate of drug-likeness (QED) is 0.706. The zero-order chi connectivity index (χ0) is 13.4. The summed E-state index contributed by atoms with van der Waals surface area (Å²) in [6.45, 7) is 8.58. The van der Waals surface area contributed by atoms with Crippen LogP contribution in [0.1, 0.15) is 17.5 Å². The molecule has 0 N–H and O–H groups in total. The fourth-order valence-electron chi connectivity index (χ4n) is 2.24. The normalized spacial score (nSPS) is 19.4. The summed E-state index contributed by atoms with van der Waals surface area (Å²) in [7, 11) is 0. The number of benzene rings is 1. The molecule has 2 nitrogen and oxygen atoms in total. The number of rotatable bonds is 2. The Kier molecular flexibility index (Phi) is 3.97. The molecule has 1 saturated heterocycles. The molecular weight excluding hydrogens is 358 g/mol. The van der Waals surface area contributed by atoms with Gasteiger partial charge in [0, 0.05) is 27.8 Å². The van der Waals surface area contributed by atoms with Crippen molar-refractivity contribution in [3.63, 3.8) is 0 Å². The van der Waals surface area contributed by atoms with E-state index < -0.39 is 0 Å². The summed E-state index contributed by atoms with van der Waals surface area (Å²) in [6.07, 6.45) is 2.43. The Balaban J connectivity index is 2.46. The standard InChI is InChI=1S/C14H15Br2NO/c1-4-10-6-12(18)17(7-10)11-5-8(2)13(15)9(3)14(11)16/h4-5,10H,1,6-7H2,2-3H3. The third-order valence-electron chi connectivity index (χ3n) is 3.36. The number of amides is 1. The lowest BCUT2D eigenvalue weighted by atomic mass is 10.1. The van der Waals surface area contributed by atoms with Gasteiger partial charge in [-0.15, -0.1) is 6.58 Å². The van der Waals surface area contributed by atoms with E-state index in [4.69, 9.17) is 0 Å².